The fourth-order valence-electron chi connectivity index (χ4n) is 8.52. The molecule has 0 bridgehead atoms. The van der Waals surface area contributed by atoms with Crippen LogP contribution in [0.2, 0.25) is 0 Å². The van der Waals surface area contributed by atoms with Crippen LogP contribution in [0.5, 0.6) is 0 Å². The van der Waals surface area contributed by atoms with E-state index in [9.17, 15) is 22.8 Å². The molecule has 2 aliphatic carbocycles. The Balaban J connectivity index is 1.26. The molecule has 4 rings (SSSR count). The summed E-state index contributed by atoms with van der Waals surface area (Å²) >= 11 is 0. The minimum Gasteiger partial charge on any atom is -0.465 e. The van der Waals surface area contributed by atoms with Crippen LogP contribution in [-0.4, -0.2) is 69.8 Å². The predicted octanol–water partition coefficient (Wildman–Crippen LogP) is 3.65. The Morgan fingerprint density at radius 2 is 1.77 bits per heavy atom. The highest BCUT2D eigenvalue weighted by atomic mass is 32.2. The Labute approximate surface area is 265 Å². The summed E-state index contributed by atoms with van der Waals surface area (Å²) in [5, 5.41) is 10.3. The van der Waals surface area contributed by atoms with E-state index in [0.29, 0.717) is 31.0 Å². The van der Waals surface area contributed by atoms with Gasteiger partial charge in [-0.05, 0) is 107 Å². The number of sulfonamides is 1. The lowest BCUT2D eigenvalue weighted by Gasteiger charge is -2.41. The first-order valence-corrected chi connectivity index (χ1v) is 18.9. The molecule has 2 saturated carbocycles. The molecule has 0 aromatic rings. The van der Waals surface area contributed by atoms with Crippen LogP contribution in [-0.2, 0) is 29.1 Å². The second kappa shape index (κ2) is 14.9. The van der Waals surface area contributed by atoms with Gasteiger partial charge in [0.15, 0.2) is 0 Å². The van der Waals surface area contributed by atoms with Crippen molar-refractivity contribution in [2.75, 3.05) is 25.4 Å². The first kappa shape index (κ1) is 35.3. The number of fused-ring (bicyclic) bond motifs is 1. The lowest BCUT2D eigenvalue weighted by molar-refractivity contribution is -0.145. The van der Waals surface area contributed by atoms with Crippen molar-refractivity contribution in [2.24, 2.45) is 34.5 Å². The van der Waals surface area contributed by atoms with Gasteiger partial charge < -0.3 is 15.4 Å². The molecule has 0 aromatic heterocycles. The van der Waals surface area contributed by atoms with Crippen LogP contribution in [0.4, 0.5) is 0 Å². The molecule has 10 nitrogen and oxygen atoms in total. The Morgan fingerprint density at radius 3 is 2.41 bits per heavy atom. The Kier molecular flexibility index (Phi) is 12.0. The maximum Gasteiger partial charge on any atom is 0.325 e. The van der Waals surface area contributed by atoms with Crippen molar-refractivity contribution in [2.45, 2.75) is 130 Å². The van der Waals surface area contributed by atoms with Gasteiger partial charge in [-0.2, -0.15) is 4.72 Å². The largest absolute Gasteiger partial charge is 0.465 e. The van der Waals surface area contributed by atoms with Crippen LogP contribution in [0.25, 0.3) is 0 Å². The number of esters is 1. The highest BCUT2D eigenvalue weighted by Crippen LogP contribution is 2.56. The maximum atomic E-state index is 13.4. The highest BCUT2D eigenvalue weighted by molar-refractivity contribution is 7.89. The van der Waals surface area contributed by atoms with Crippen LogP contribution >= 0.6 is 0 Å². The van der Waals surface area contributed by atoms with Crippen molar-refractivity contribution in [3.8, 4) is 0 Å². The van der Waals surface area contributed by atoms with E-state index < -0.39 is 38.6 Å². The van der Waals surface area contributed by atoms with Crippen molar-refractivity contribution in [1.29, 1.82) is 0 Å². The predicted molar refractivity (Wildman–Crippen MR) is 171 cm³/mol. The van der Waals surface area contributed by atoms with Gasteiger partial charge in [0.05, 0.1) is 18.5 Å². The van der Waals surface area contributed by atoms with Crippen LogP contribution < -0.4 is 20.7 Å². The summed E-state index contributed by atoms with van der Waals surface area (Å²) in [6, 6.07) is -0.688. The summed E-state index contributed by atoms with van der Waals surface area (Å²) in [4.78, 5) is 39.0. The molecule has 2 aliphatic heterocycles. The zero-order chi connectivity index (χ0) is 32.1. The molecule has 4 fully saturated rings. The van der Waals surface area contributed by atoms with Crippen molar-refractivity contribution >= 4 is 27.7 Å². The van der Waals surface area contributed by atoms with Gasteiger partial charge in [0.2, 0.25) is 15.9 Å². The van der Waals surface area contributed by atoms with Gasteiger partial charge in [0, 0.05) is 30.3 Å². The second-order valence-corrected chi connectivity index (χ2v) is 16.4. The third kappa shape index (κ3) is 8.04. The number of amides is 1. The number of hydrogen-bond acceptors (Lipinski definition) is 8. The molecule has 1 amide bonds. The van der Waals surface area contributed by atoms with Crippen molar-refractivity contribution in [3.63, 3.8) is 0 Å². The van der Waals surface area contributed by atoms with Gasteiger partial charge in [-0.15, -0.1) is 0 Å². The lowest BCUT2D eigenvalue weighted by atomic mass is 9.64. The molecule has 2 heterocycles. The van der Waals surface area contributed by atoms with Crippen molar-refractivity contribution in [1.82, 2.24) is 20.7 Å². The molecule has 4 aliphatic rings. The van der Waals surface area contributed by atoms with E-state index in [4.69, 9.17) is 4.74 Å². The molecule has 0 aromatic carbocycles. The molecule has 6 atom stereocenters. The van der Waals surface area contributed by atoms with Gasteiger partial charge in [-0.25, -0.2) is 8.42 Å². The van der Waals surface area contributed by atoms with E-state index >= 15 is 0 Å². The topological polar surface area (TPSA) is 143 Å². The summed E-state index contributed by atoms with van der Waals surface area (Å²) in [6.07, 6.45) is 12.3. The summed E-state index contributed by atoms with van der Waals surface area (Å²) in [6.45, 7) is 10.4. The lowest BCUT2D eigenvalue weighted by Crippen LogP contribution is -2.57. The summed E-state index contributed by atoms with van der Waals surface area (Å²) in [5.41, 5.74) is -1.55. The second-order valence-electron chi connectivity index (χ2n) is 14.7. The van der Waals surface area contributed by atoms with E-state index in [1.54, 1.807) is 6.92 Å². The van der Waals surface area contributed by atoms with E-state index in [2.05, 4.69) is 20.7 Å². The highest BCUT2D eigenvalue weighted by Gasteiger charge is 2.59. The molecule has 44 heavy (non-hydrogen) atoms. The van der Waals surface area contributed by atoms with Crippen LogP contribution in [0, 0.1) is 34.5 Å². The van der Waals surface area contributed by atoms with Crippen molar-refractivity contribution < 1.29 is 27.5 Å². The van der Waals surface area contributed by atoms with Crippen LogP contribution in [0.3, 0.4) is 0 Å². The number of ketones is 1. The molecule has 0 radical (unpaired) electrons. The third-order valence-corrected chi connectivity index (χ3v) is 13.4. The average Bonchev–Trinajstić information content (AvgIpc) is 3.16. The minimum absolute atomic E-state index is 0.0471. The number of rotatable bonds is 13. The minimum atomic E-state index is -4.06. The maximum absolute atomic E-state index is 13.4. The number of ether oxygens (including phenoxy) is 1. The van der Waals surface area contributed by atoms with Gasteiger partial charge in [-0.3, -0.25) is 19.7 Å². The van der Waals surface area contributed by atoms with Gasteiger partial charge in [0.1, 0.15) is 11.8 Å². The quantitative estimate of drug-likeness (QED) is 0.224. The smallest absolute Gasteiger partial charge is 0.325 e. The van der Waals surface area contributed by atoms with Gasteiger partial charge >= 0.3 is 5.97 Å². The average molecular weight is 639 g/mol. The monoisotopic (exact) mass is 638 g/mol. The summed E-state index contributed by atoms with van der Waals surface area (Å²) in [5.74, 6) is -0.0355. The number of piperidine rings is 2. The molecular weight excluding hydrogens is 580 g/mol. The first-order chi connectivity index (χ1) is 20.8. The van der Waals surface area contributed by atoms with Gasteiger partial charge in [-0.1, -0.05) is 27.7 Å². The fraction of sp³-hybridized carbons (Fsp3) is 0.909. The number of Topliss-reactive ketones (excluding diaryl/α,β-unsaturated/α-hetero) is 1. The first-order valence-electron chi connectivity index (χ1n) is 17.3. The zero-order valence-electron chi connectivity index (χ0n) is 27.7. The molecule has 6 unspecified atom stereocenters. The van der Waals surface area contributed by atoms with E-state index in [1.807, 2.05) is 27.7 Å². The molecule has 4 N–H and O–H groups in total. The molecule has 2 saturated heterocycles. The number of hydrogen-bond donors (Lipinski definition) is 4. The number of carbonyl (C=O) groups excluding carboxylic acids is 3. The Bertz CT molecular complexity index is 1120. The van der Waals surface area contributed by atoms with Crippen LogP contribution in [0.15, 0.2) is 0 Å². The van der Waals surface area contributed by atoms with Crippen molar-refractivity contribution in [3.05, 3.63) is 0 Å². The molecule has 11 heteroatoms. The zero-order valence-corrected chi connectivity index (χ0v) is 28.5. The SMILES string of the molecule is CCOC(=O)C(CNC(=O)C1CCC(CCC2CCC3CCCNC3N2)CC1)NS(=O)(=O)CC1(CC)C(=O)CC(C)C1(C)C. The number of nitrogens with one attached hydrogen (secondary N) is 4. The van der Waals surface area contributed by atoms with E-state index in [0.717, 1.165) is 38.1 Å². The number of carbonyl (C=O) groups is 3. The van der Waals surface area contributed by atoms with Gasteiger partial charge in [0.25, 0.3) is 0 Å². The van der Waals surface area contributed by atoms with E-state index in [-0.39, 0.29) is 36.7 Å². The Hall–Kier alpha value is -1.56. The molecule has 0 spiro atoms. The summed E-state index contributed by atoms with van der Waals surface area (Å²) in [7, 11) is -4.06. The fourth-order valence-corrected chi connectivity index (χ4v) is 10.6. The third-order valence-electron chi connectivity index (χ3n) is 11.9. The van der Waals surface area contributed by atoms with E-state index in [1.165, 1.54) is 38.5 Å². The van der Waals surface area contributed by atoms with Crippen LogP contribution in [0.1, 0.15) is 112 Å². The molecule has 252 valence electrons. The Morgan fingerprint density at radius 1 is 1.05 bits per heavy atom. The normalized spacial score (nSPS) is 34.6. The summed E-state index contributed by atoms with van der Waals surface area (Å²) < 4.78 is 34.5. The standard InChI is InChI=1S/C33H58N4O6S/c1-6-33(28(38)19-22(3)32(33,4)5)21-44(41,42)37-27(31(40)43-7-2)20-35-30(39)25-13-10-23(11-14-25)12-16-26-17-15-24-9-8-18-34-29(24)36-26/h22-27,29,34,36-37H,6-21H2,1-5H3,(H,35,39). The molecular formula is C33H58N4O6S.